The average Bonchev–Trinajstić information content (AvgIpc) is 2.80. The van der Waals surface area contributed by atoms with Crippen LogP contribution in [0.5, 0.6) is 5.75 Å². The van der Waals surface area contributed by atoms with E-state index in [0.717, 1.165) is 35.9 Å². The van der Waals surface area contributed by atoms with Gasteiger partial charge in [-0.25, -0.2) is 4.39 Å². The van der Waals surface area contributed by atoms with Gasteiger partial charge in [-0.1, -0.05) is 11.6 Å². The van der Waals surface area contributed by atoms with E-state index in [1.54, 1.807) is 6.07 Å². The van der Waals surface area contributed by atoms with Gasteiger partial charge in [0.1, 0.15) is 0 Å². The first kappa shape index (κ1) is 11.7. The zero-order chi connectivity index (χ0) is 12.7. The van der Waals surface area contributed by atoms with Gasteiger partial charge in [-0.3, -0.25) is 4.98 Å². The summed E-state index contributed by atoms with van der Waals surface area (Å²) in [7, 11) is 0. The normalized spacial score (nSPS) is 13.9. The summed E-state index contributed by atoms with van der Waals surface area (Å²) >= 11 is 6.39. The molecule has 1 aliphatic rings. The fourth-order valence-corrected chi connectivity index (χ4v) is 2.83. The van der Waals surface area contributed by atoms with E-state index in [1.165, 1.54) is 6.07 Å². The Kier molecular flexibility index (Phi) is 2.86. The van der Waals surface area contributed by atoms with Crippen molar-refractivity contribution < 1.29 is 9.13 Å². The van der Waals surface area contributed by atoms with Crippen molar-refractivity contribution in [3.8, 4) is 5.75 Å². The number of nitrogens with zero attached hydrogens (tertiary/aromatic N) is 1. The standard InChI is InChI=1S/C14H13ClFNO/c1-2-18-13-6-9-12(7-10(13)16)17-11-5-3-4-8(11)14(9)15/h6-7H,2-5H2,1H3. The number of aryl methyl sites for hydroxylation is 1. The molecule has 1 aromatic heterocycles. The van der Waals surface area contributed by atoms with Gasteiger partial charge in [0.25, 0.3) is 0 Å². The Hall–Kier alpha value is -1.35. The molecule has 0 aliphatic heterocycles. The number of rotatable bonds is 2. The largest absolute Gasteiger partial charge is 0.491 e. The molecule has 0 atom stereocenters. The van der Waals surface area contributed by atoms with Crippen molar-refractivity contribution in [2.75, 3.05) is 6.61 Å². The van der Waals surface area contributed by atoms with Crippen LogP contribution >= 0.6 is 11.6 Å². The number of pyridine rings is 1. The van der Waals surface area contributed by atoms with Crippen molar-refractivity contribution in [1.82, 2.24) is 4.98 Å². The Morgan fingerprint density at radius 2 is 2.22 bits per heavy atom. The van der Waals surface area contributed by atoms with Crippen LogP contribution in [0.2, 0.25) is 5.02 Å². The maximum Gasteiger partial charge on any atom is 0.167 e. The number of benzene rings is 1. The Morgan fingerprint density at radius 3 is 3.00 bits per heavy atom. The van der Waals surface area contributed by atoms with E-state index in [4.69, 9.17) is 16.3 Å². The van der Waals surface area contributed by atoms with Crippen molar-refractivity contribution in [1.29, 1.82) is 0 Å². The summed E-state index contributed by atoms with van der Waals surface area (Å²) in [6, 6.07) is 3.06. The highest BCUT2D eigenvalue weighted by molar-refractivity contribution is 6.36. The van der Waals surface area contributed by atoms with E-state index < -0.39 is 0 Å². The summed E-state index contributed by atoms with van der Waals surface area (Å²) in [5.74, 6) is -0.141. The maximum absolute atomic E-state index is 13.8. The molecule has 0 unspecified atom stereocenters. The van der Waals surface area contributed by atoms with Crippen molar-refractivity contribution in [3.63, 3.8) is 0 Å². The third-order valence-electron chi connectivity index (χ3n) is 3.30. The number of ether oxygens (including phenoxy) is 1. The predicted octanol–water partition coefficient (Wildman–Crippen LogP) is 3.91. The van der Waals surface area contributed by atoms with Gasteiger partial charge in [0.05, 0.1) is 17.1 Å². The van der Waals surface area contributed by atoms with Crippen molar-refractivity contribution >= 4 is 22.5 Å². The van der Waals surface area contributed by atoms with Crippen molar-refractivity contribution in [2.45, 2.75) is 26.2 Å². The van der Waals surface area contributed by atoms with E-state index in [9.17, 15) is 4.39 Å². The Bertz CT molecular complexity index is 627. The molecule has 1 heterocycles. The third-order valence-corrected chi connectivity index (χ3v) is 3.73. The zero-order valence-corrected chi connectivity index (χ0v) is 10.9. The molecule has 0 amide bonds. The lowest BCUT2D eigenvalue weighted by molar-refractivity contribution is 0.322. The minimum Gasteiger partial charge on any atom is -0.491 e. The summed E-state index contributed by atoms with van der Waals surface area (Å²) in [4.78, 5) is 4.50. The summed E-state index contributed by atoms with van der Waals surface area (Å²) < 4.78 is 19.0. The molecule has 0 N–H and O–H groups in total. The van der Waals surface area contributed by atoms with Crippen LogP contribution in [-0.4, -0.2) is 11.6 Å². The monoisotopic (exact) mass is 265 g/mol. The number of hydrogen-bond acceptors (Lipinski definition) is 2. The Morgan fingerprint density at radius 1 is 1.39 bits per heavy atom. The van der Waals surface area contributed by atoms with E-state index in [0.29, 0.717) is 17.1 Å². The zero-order valence-electron chi connectivity index (χ0n) is 10.1. The molecular weight excluding hydrogens is 253 g/mol. The van der Waals surface area contributed by atoms with Crippen molar-refractivity contribution in [2.24, 2.45) is 0 Å². The molecule has 2 nitrogen and oxygen atoms in total. The summed E-state index contributed by atoms with van der Waals surface area (Å²) in [6.45, 7) is 2.25. The molecule has 18 heavy (non-hydrogen) atoms. The second kappa shape index (κ2) is 4.39. The van der Waals surface area contributed by atoms with Crippen LogP contribution in [0.25, 0.3) is 10.9 Å². The summed E-state index contributed by atoms with van der Waals surface area (Å²) in [6.07, 6.45) is 2.96. The highest BCUT2D eigenvalue weighted by Gasteiger charge is 2.19. The molecule has 0 spiro atoms. The van der Waals surface area contributed by atoms with Crippen molar-refractivity contribution in [3.05, 3.63) is 34.2 Å². The van der Waals surface area contributed by atoms with E-state index in [2.05, 4.69) is 4.98 Å². The molecule has 94 valence electrons. The van der Waals surface area contributed by atoms with Gasteiger partial charge < -0.3 is 4.74 Å². The summed E-state index contributed by atoms with van der Waals surface area (Å²) in [5, 5.41) is 1.48. The molecule has 0 radical (unpaired) electrons. The van der Waals surface area contributed by atoms with Crippen LogP contribution in [0, 0.1) is 5.82 Å². The highest BCUT2D eigenvalue weighted by Crippen LogP contribution is 2.36. The smallest absolute Gasteiger partial charge is 0.167 e. The van der Waals surface area contributed by atoms with Gasteiger partial charge >= 0.3 is 0 Å². The first-order valence-electron chi connectivity index (χ1n) is 6.14. The number of hydrogen-bond donors (Lipinski definition) is 0. The first-order chi connectivity index (χ1) is 8.70. The quantitative estimate of drug-likeness (QED) is 0.821. The molecule has 1 aromatic carbocycles. The van der Waals surface area contributed by atoms with Crippen LogP contribution in [0.4, 0.5) is 4.39 Å². The van der Waals surface area contributed by atoms with Gasteiger partial charge in [-0.2, -0.15) is 0 Å². The van der Waals surface area contributed by atoms with Gasteiger partial charge in [-0.05, 0) is 37.8 Å². The second-order valence-electron chi connectivity index (χ2n) is 4.44. The fraction of sp³-hybridized carbons (Fsp3) is 0.357. The number of fused-ring (bicyclic) bond motifs is 2. The number of aromatic nitrogens is 1. The van der Waals surface area contributed by atoms with Crippen LogP contribution in [0.15, 0.2) is 12.1 Å². The van der Waals surface area contributed by atoms with E-state index in [1.807, 2.05) is 6.92 Å². The van der Waals surface area contributed by atoms with Gasteiger partial charge in [-0.15, -0.1) is 0 Å². The Labute approximate surface area is 110 Å². The molecule has 0 saturated carbocycles. The molecule has 4 heteroatoms. The van der Waals surface area contributed by atoms with Crippen LogP contribution < -0.4 is 4.74 Å². The molecule has 0 saturated heterocycles. The minimum atomic E-state index is -0.383. The minimum absolute atomic E-state index is 0.242. The lowest BCUT2D eigenvalue weighted by Gasteiger charge is -2.10. The van der Waals surface area contributed by atoms with Gasteiger partial charge in [0.2, 0.25) is 0 Å². The molecule has 0 fully saturated rings. The first-order valence-corrected chi connectivity index (χ1v) is 6.51. The lowest BCUT2D eigenvalue weighted by atomic mass is 10.1. The molecular formula is C14H13ClFNO. The second-order valence-corrected chi connectivity index (χ2v) is 4.82. The van der Waals surface area contributed by atoms with Gasteiger partial charge in [0.15, 0.2) is 11.6 Å². The summed E-state index contributed by atoms with van der Waals surface area (Å²) in [5.41, 5.74) is 2.73. The average molecular weight is 266 g/mol. The molecule has 3 rings (SSSR count). The van der Waals surface area contributed by atoms with Crippen LogP contribution in [-0.2, 0) is 12.8 Å². The SMILES string of the molecule is CCOc1cc2c(Cl)c3c(nc2cc1F)CCC3. The van der Waals surface area contributed by atoms with Gasteiger partial charge in [0, 0.05) is 17.1 Å². The highest BCUT2D eigenvalue weighted by atomic mass is 35.5. The third kappa shape index (κ3) is 1.74. The lowest BCUT2D eigenvalue weighted by Crippen LogP contribution is -1.97. The van der Waals surface area contributed by atoms with E-state index in [-0.39, 0.29) is 11.6 Å². The fourth-order valence-electron chi connectivity index (χ4n) is 2.47. The molecule has 2 aromatic rings. The molecule has 1 aliphatic carbocycles. The van der Waals surface area contributed by atoms with E-state index >= 15 is 0 Å². The van der Waals surface area contributed by atoms with Crippen LogP contribution in [0.1, 0.15) is 24.6 Å². The maximum atomic E-state index is 13.8. The topological polar surface area (TPSA) is 22.1 Å². The molecule has 0 bridgehead atoms. The van der Waals surface area contributed by atoms with Crippen LogP contribution in [0.3, 0.4) is 0 Å². The number of halogens is 2. The predicted molar refractivity (Wildman–Crippen MR) is 69.9 cm³/mol. The Balaban J connectivity index is 2.27.